The predicted molar refractivity (Wildman–Crippen MR) is 105 cm³/mol. The molecule has 0 saturated heterocycles. The Morgan fingerprint density at radius 3 is 2.59 bits per heavy atom. The number of carbonyl (C=O) groups excluding carboxylic acids is 2. The molecule has 1 aromatic carbocycles. The number of aryl methyl sites for hydroxylation is 1. The maximum atomic E-state index is 12.7. The van der Waals surface area contributed by atoms with E-state index in [2.05, 4.69) is 10.6 Å². The van der Waals surface area contributed by atoms with Crippen LogP contribution >= 0.6 is 0 Å². The predicted octanol–water partition coefficient (Wildman–Crippen LogP) is 4.06. The van der Waals surface area contributed by atoms with E-state index in [1.165, 1.54) is 25.5 Å². The first kappa shape index (κ1) is 19.0. The number of benzene rings is 1. The second-order valence-electron chi connectivity index (χ2n) is 7.06. The van der Waals surface area contributed by atoms with Crippen molar-refractivity contribution in [2.24, 2.45) is 5.92 Å². The third-order valence-corrected chi connectivity index (χ3v) is 4.99. The monoisotopic (exact) mass is 366 g/mol. The molecular weight excluding hydrogens is 340 g/mol. The maximum Gasteiger partial charge on any atom is 0.267 e. The number of carbonyl (C=O) groups is 2. The Kier molecular flexibility index (Phi) is 6.47. The Morgan fingerprint density at radius 1 is 1.11 bits per heavy atom. The Morgan fingerprint density at radius 2 is 1.89 bits per heavy atom. The van der Waals surface area contributed by atoms with Crippen molar-refractivity contribution in [3.05, 3.63) is 65.2 Å². The van der Waals surface area contributed by atoms with Crippen LogP contribution < -0.4 is 10.6 Å². The second-order valence-corrected chi connectivity index (χ2v) is 7.06. The summed E-state index contributed by atoms with van der Waals surface area (Å²) in [7, 11) is 0. The zero-order valence-electron chi connectivity index (χ0n) is 15.7. The lowest BCUT2D eigenvalue weighted by Gasteiger charge is -2.22. The molecule has 1 aliphatic rings. The van der Waals surface area contributed by atoms with Gasteiger partial charge in [0.15, 0.2) is 0 Å². The fourth-order valence-corrected chi connectivity index (χ4v) is 3.41. The van der Waals surface area contributed by atoms with Crippen LogP contribution in [0.4, 0.5) is 0 Å². The van der Waals surface area contributed by atoms with Gasteiger partial charge in [0.05, 0.1) is 6.26 Å². The molecule has 1 aliphatic carbocycles. The standard InChI is InChI=1S/C22H26N2O3/c1-16-8-5-6-12-19(16)21(25)24-20(14-18-11-7-13-27-18)22(26)23-15-17-9-3-2-4-10-17/h5-8,11-14,17H,2-4,9-10,15H2,1H3,(H,23,26)(H,24,25)/b20-14-. The highest BCUT2D eigenvalue weighted by molar-refractivity contribution is 6.05. The third kappa shape index (κ3) is 5.33. The molecule has 0 aliphatic heterocycles. The van der Waals surface area contributed by atoms with Crippen LogP contribution in [-0.4, -0.2) is 18.4 Å². The van der Waals surface area contributed by atoms with Crippen molar-refractivity contribution >= 4 is 17.9 Å². The average molecular weight is 366 g/mol. The van der Waals surface area contributed by atoms with Gasteiger partial charge >= 0.3 is 0 Å². The lowest BCUT2D eigenvalue weighted by atomic mass is 9.89. The van der Waals surface area contributed by atoms with Gasteiger partial charge in [-0.1, -0.05) is 37.5 Å². The molecule has 142 valence electrons. The molecule has 1 aromatic heterocycles. The molecule has 0 bridgehead atoms. The van der Waals surface area contributed by atoms with Crippen LogP contribution in [0.15, 0.2) is 52.8 Å². The quantitative estimate of drug-likeness (QED) is 0.758. The Bertz CT molecular complexity index is 803. The lowest BCUT2D eigenvalue weighted by molar-refractivity contribution is -0.118. The van der Waals surface area contributed by atoms with E-state index in [-0.39, 0.29) is 17.5 Å². The molecule has 0 unspecified atom stereocenters. The van der Waals surface area contributed by atoms with Gasteiger partial charge in [-0.05, 0) is 49.4 Å². The van der Waals surface area contributed by atoms with Gasteiger partial charge in [0.25, 0.3) is 11.8 Å². The Hall–Kier alpha value is -2.82. The molecule has 1 heterocycles. The summed E-state index contributed by atoms with van der Waals surface area (Å²) in [5.74, 6) is 0.431. The lowest BCUT2D eigenvalue weighted by Crippen LogP contribution is -2.37. The van der Waals surface area contributed by atoms with Crippen LogP contribution in [0.2, 0.25) is 0 Å². The highest BCUT2D eigenvalue weighted by Crippen LogP contribution is 2.22. The van der Waals surface area contributed by atoms with Gasteiger partial charge in [-0.15, -0.1) is 0 Å². The molecule has 2 amide bonds. The number of furan rings is 1. The molecule has 5 nitrogen and oxygen atoms in total. The summed E-state index contributed by atoms with van der Waals surface area (Å²) in [6, 6.07) is 10.8. The van der Waals surface area contributed by atoms with Gasteiger partial charge in [0, 0.05) is 18.2 Å². The zero-order chi connectivity index (χ0) is 19.1. The second kappa shape index (κ2) is 9.21. The number of hydrogen-bond donors (Lipinski definition) is 2. The van der Waals surface area contributed by atoms with Crippen LogP contribution in [0.5, 0.6) is 0 Å². The number of nitrogens with one attached hydrogen (secondary N) is 2. The number of hydrogen-bond acceptors (Lipinski definition) is 3. The summed E-state index contributed by atoms with van der Waals surface area (Å²) in [5.41, 5.74) is 1.59. The minimum absolute atomic E-state index is 0.189. The first-order chi connectivity index (χ1) is 13.1. The molecule has 2 N–H and O–H groups in total. The molecule has 1 fully saturated rings. The van der Waals surface area contributed by atoms with Crippen molar-refractivity contribution in [2.45, 2.75) is 39.0 Å². The van der Waals surface area contributed by atoms with Crippen LogP contribution in [0.1, 0.15) is 53.8 Å². The molecule has 27 heavy (non-hydrogen) atoms. The van der Waals surface area contributed by atoms with Crippen LogP contribution in [0, 0.1) is 12.8 Å². The van der Waals surface area contributed by atoms with E-state index in [0.29, 0.717) is 23.8 Å². The van der Waals surface area contributed by atoms with Crippen molar-refractivity contribution in [1.29, 1.82) is 0 Å². The Balaban J connectivity index is 1.71. The van der Waals surface area contributed by atoms with Gasteiger partial charge in [-0.2, -0.15) is 0 Å². The van der Waals surface area contributed by atoms with E-state index < -0.39 is 0 Å². The van der Waals surface area contributed by atoms with E-state index in [0.717, 1.165) is 18.4 Å². The van der Waals surface area contributed by atoms with Gasteiger partial charge < -0.3 is 15.1 Å². The fourth-order valence-electron chi connectivity index (χ4n) is 3.41. The van der Waals surface area contributed by atoms with E-state index in [1.807, 2.05) is 19.1 Å². The van der Waals surface area contributed by atoms with Crippen LogP contribution in [-0.2, 0) is 4.79 Å². The number of amides is 2. The molecule has 1 saturated carbocycles. The van der Waals surface area contributed by atoms with Crippen molar-refractivity contribution in [1.82, 2.24) is 10.6 Å². The van der Waals surface area contributed by atoms with Gasteiger partial charge in [-0.25, -0.2) is 0 Å². The van der Waals surface area contributed by atoms with E-state index in [4.69, 9.17) is 4.42 Å². The normalized spacial score (nSPS) is 15.4. The van der Waals surface area contributed by atoms with E-state index >= 15 is 0 Å². The third-order valence-electron chi connectivity index (χ3n) is 4.99. The van der Waals surface area contributed by atoms with Gasteiger partial charge in [-0.3, -0.25) is 9.59 Å². The highest BCUT2D eigenvalue weighted by atomic mass is 16.3. The summed E-state index contributed by atoms with van der Waals surface area (Å²) in [4.78, 5) is 25.4. The topological polar surface area (TPSA) is 71.3 Å². The Labute approximate surface area is 159 Å². The molecule has 0 radical (unpaired) electrons. The van der Waals surface area contributed by atoms with Gasteiger partial charge in [0.1, 0.15) is 11.5 Å². The summed E-state index contributed by atoms with van der Waals surface area (Å²) >= 11 is 0. The van der Waals surface area contributed by atoms with Crippen molar-refractivity contribution < 1.29 is 14.0 Å². The molecule has 3 rings (SSSR count). The minimum atomic E-state index is -0.307. The summed E-state index contributed by atoms with van der Waals surface area (Å²) in [6.45, 7) is 2.50. The molecule has 5 heteroatoms. The maximum absolute atomic E-state index is 12.7. The van der Waals surface area contributed by atoms with Gasteiger partial charge in [0.2, 0.25) is 0 Å². The zero-order valence-corrected chi connectivity index (χ0v) is 15.7. The smallest absolute Gasteiger partial charge is 0.267 e. The molecule has 2 aromatic rings. The fraction of sp³-hybridized carbons (Fsp3) is 0.364. The summed E-state index contributed by atoms with van der Waals surface area (Å²) < 4.78 is 5.31. The van der Waals surface area contributed by atoms with Crippen LogP contribution in [0.25, 0.3) is 6.08 Å². The van der Waals surface area contributed by atoms with E-state index in [9.17, 15) is 9.59 Å². The minimum Gasteiger partial charge on any atom is -0.465 e. The first-order valence-corrected chi connectivity index (χ1v) is 9.54. The van der Waals surface area contributed by atoms with Crippen LogP contribution in [0.3, 0.4) is 0 Å². The molecular formula is C22H26N2O3. The highest BCUT2D eigenvalue weighted by Gasteiger charge is 2.19. The van der Waals surface area contributed by atoms with Crippen molar-refractivity contribution in [3.8, 4) is 0 Å². The van der Waals surface area contributed by atoms with Crippen molar-refractivity contribution in [3.63, 3.8) is 0 Å². The molecule has 0 spiro atoms. The summed E-state index contributed by atoms with van der Waals surface area (Å²) in [6.07, 6.45) is 9.11. The SMILES string of the molecule is Cc1ccccc1C(=O)N/C(=C\c1ccco1)C(=O)NCC1CCCCC1. The largest absolute Gasteiger partial charge is 0.465 e. The number of rotatable bonds is 6. The average Bonchev–Trinajstić information content (AvgIpc) is 3.20. The van der Waals surface area contributed by atoms with E-state index in [1.54, 1.807) is 30.3 Å². The molecule has 0 atom stereocenters. The summed E-state index contributed by atoms with van der Waals surface area (Å²) in [5, 5.41) is 5.72. The first-order valence-electron chi connectivity index (χ1n) is 9.54. The van der Waals surface area contributed by atoms with Crippen molar-refractivity contribution in [2.75, 3.05) is 6.54 Å².